The Morgan fingerprint density at radius 3 is 2.69 bits per heavy atom. The van der Waals surface area contributed by atoms with E-state index in [1.807, 2.05) is 37.3 Å². The third-order valence-electron chi connectivity index (χ3n) is 5.03. The lowest BCUT2D eigenvalue weighted by Crippen LogP contribution is -2.42. The molecule has 1 aromatic carbocycles. The number of anilines is 1. The first-order valence-electron chi connectivity index (χ1n) is 9.71. The van der Waals surface area contributed by atoms with E-state index in [2.05, 4.69) is 20.6 Å². The Bertz CT molecular complexity index is 980. The number of fused-ring (bicyclic) bond motifs is 1. The fourth-order valence-electron chi connectivity index (χ4n) is 3.48. The van der Waals surface area contributed by atoms with Crippen LogP contribution < -0.4 is 10.1 Å². The van der Waals surface area contributed by atoms with Gasteiger partial charge >= 0.3 is 6.09 Å². The van der Waals surface area contributed by atoms with Gasteiger partial charge in [0.2, 0.25) is 5.65 Å². The molecule has 1 saturated heterocycles. The number of aromatic nitrogens is 4. The van der Waals surface area contributed by atoms with Crippen molar-refractivity contribution >= 4 is 17.4 Å². The molecule has 0 atom stereocenters. The van der Waals surface area contributed by atoms with Crippen molar-refractivity contribution in [2.75, 3.05) is 32.1 Å². The van der Waals surface area contributed by atoms with Crippen LogP contribution in [-0.4, -0.2) is 63.7 Å². The number of carbonyl (C=O) groups is 1. The summed E-state index contributed by atoms with van der Waals surface area (Å²) in [6, 6.07) is 9.98. The van der Waals surface area contributed by atoms with Gasteiger partial charge in [0, 0.05) is 24.7 Å². The van der Waals surface area contributed by atoms with Crippen molar-refractivity contribution in [3.63, 3.8) is 0 Å². The van der Waals surface area contributed by atoms with E-state index in [1.165, 1.54) is 0 Å². The Morgan fingerprint density at radius 1 is 1.24 bits per heavy atom. The zero-order chi connectivity index (χ0) is 20.2. The highest BCUT2D eigenvalue weighted by Gasteiger charge is 2.24. The largest absolute Gasteiger partial charge is 0.497 e. The first-order chi connectivity index (χ1) is 14.2. The molecule has 0 saturated carbocycles. The van der Waals surface area contributed by atoms with Crippen LogP contribution in [0.1, 0.15) is 19.8 Å². The molecular weight excluding hydrogens is 372 g/mol. The van der Waals surface area contributed by atoms with E-state index in [0.29, 0.717) is 25.3 Å². The molecule has 3 aromatic rings. The first-order valence-corrected chi connectivity index (χ1v) is 9.71. The Kier molecular flexibility index (Phi) is 5.46. The van der Waals surface area contributed by atoms with Crippen LogP contribution in [0.25, 0.3) is 16.9 Å². The lowest BCUT2D eigenvalue weighted by molar-refractivity contribution is 0.0983. The fourth-order valence-corrected chi connectivity index (χ4v) is 3.48. The molecule has 0 spiro atoms. The van der Waals surface area contributed by atoms with E-state index in [-0.39, 0.29) is 12.1 Å². The quantitative estimate of drug-likeness (QED) is 0.709. The van der Waals surface area contributed by atoms with E-state index in [1.54, 1.807) is 22.9 Å². The summed E-state index contributed by atoms with van der Waals surface area (Å²) in [5.41, 5.74) is 3.33. The van der Waals surface area contributed by atoms with Crippen molar-refractivity contribution in [2.45, 2.75) is 25.8 Å². The van der Waals surface area contributed by atoms with Crippen molar-refractivity contribution in [3.05, 3.63) is 36.7 Å². The number of ether oxygens (including phenoxy) is 2. The number of rotatable bonds is 5. The monoisotopic (exact) mass is 396 g/mol. The Labute approximate surface area is 168 Å². The lowest BCUT2D eigenvalue weighted by atomic mass is 10.0. The molecule has 1 amide bonds. The van der Waals surface area contributed by atoms with Crippen molar-refractivity contribution in [1.29, 1.82) is 0 Å². The van der Waals surface area contributed by atoms with Crippen LogP contribution in [-0.2, 0) is 4.74 Å². The summed E-state index contributed by atoms with van der Waals surface area (Å²) in [5, 5.41) is 16.4. The molecule has 3 heterocycles. The Morgan fingerprint density at radius 2 is 2.00 bits per heavy atom. The summed E-state index contributed by atoms with van der Waals surface area (Å²) in [4.78, 5) is 13.6. The zero-order valence-electron chi connectivity index (χ0n) is 16.5. The van der Waals surface area contributed by atoms with E-state index < -0.39 is 0 Å². The molecule has 0 unspecified atom stereocenters. The topological polar surface area (TPSA) is 93.9 Å². The second kappa shape index (κ2) is 8.34. The molecule has 9 heteroatoms. The van der Waals surface area contributed by atoms with Crippen LogP contribution >= 0.6 is 0 Å². The van der Waals surface area contributed by atoms with Gasteiger partial charge in [0.15, 0.2) is 0 Å². The molecule has 1 N–H and O–H groups in total. The van der Waals surface area contributed by atoms with Gasteiger partial charge < -0.3 is 19.7 Å². The summed E-state index contributed by atoms with van der Waals surface area (Å²) in [6.07, 6.45) is 3.02. The smallest absolute Gasteiger partial charge is 0.409 e. The second-order valence-corrected chi connectivity index (χ2v) is 6.88. The SMILES string of the molecule is CCOC(=O)N1CCC(Nc2cc(-c3ccc(OC)cc3)nn3cnnc23)CC1. The van der Waals surface area contributed by atoms with Crippen LogP contribution in [0.2, 0.25) is 0 Å². The number of amides is 1. The summed E-state index contributed by atoms with van der Waals surface area (Å²) >= 11 is 0. The molecule has 9 nitrogen and oxygen atoms in total. The molecule has 1 aliphatic rings. The number of likely N-dealkylation sites (tertiary alicyclic amines) is 1. The first kappa shape index (κ1) is 19.0. The van der Waals surface area contributed by atoms with Gasteiger partial charge in [0.1, 0.15) is 12.1 Å². The predicted molar refractivity (Wildman–Crippen MR) is 108 cm³/mol. The Hall–Kier alpha value is -3.36. The maximum Gasteiger partial charge on any atom is 0.409 e. The maximum atomic E-state index is 11.9. The van der Waals surface area contributed by atoms with Gasteiger partial charge in [-0.3, -0.25) is 0 Å². The predicted octanol–water partition coefficient (Wildman–Crippen LogP) is 2.83. The van der Waals surface area contributed by atoms with Crippen LogP contribution in [0.5, 0.6) is 5.75 Å². The van der Waals surface area contributed by atoms with Gasteiger partial charge in [0.05, 0.1) is 25.1 Å². The highest BCUT2D eigenvalue weighted by molar-refractivity contribution is 5.74. The van der Waals surface area contributed by atoms with Crippen molar-refractivity contribution < 1.29 is 14.3 Å². The normalized spacial score (nSPS) is 14.8. The average molecular weight is 396 g/mol. The molecule has 2 aromatic heterocycles. The molecule has 0 radical (unpaired) electrons. The maximum absolute atomic E-state index is 11.9. The third-order valence-corrected chi connectivity index (χ3v) is 5.03. The van der Waals surface area contributed by atoms with E-state index in [9.17, 15) is 4.79 Å². The van der Waals surface area contributed by atoms with Crippen LogP contribution in [0, 0.1) is 0 Å². The number of carbonyl (C=O) groups excluding carboxylic acids is 1. The number of nitrogens with one attached hydrogen (secondary N) is 1. The standard InChI is InChI=1S/C20H24N6O3/c1-3-29-20(27)25-10-8-15(9-11-25)22-18-12-17(24-26-13-21-23-19(18)26)14-4-6-16(28-2)7-5-14/h4-7,12-13,15,22H,3,8-11H2,1-2H3. The molecule has 1 fully saturated rings. The van der Waals surface area contributed by atoms with Gasteiger partial charge in [-0.25, -0.2) is 4.79 Å². The van der Waals surface area contributed by atoms with E-state index >= 15 is 0 Å². The molecule has 29 heavy (non-hydrogen) atoms. The number of piperidine rings is 1. The van der Waals surface area contributed by atoms with Crippen molar-refractivity contribution in [1.82, 2.24) is 24.7 Å². The third kappa shape index (κ3) is 4.08. The van der Waals surface area contributed by atoms with E-state index in [0.717, 1.165) is 35.5 Å². The van der Waals surface area contributed by atoms with Gasteiger partial charge in [-0.15, -0.1) is 10.2 Å². The molecule has 1 aliphatic heterocycles. The van der Waals surface area contributed by atoms with Crippen LogP contribution in [0.15, 0.2) is 36.7 Å². The molecule has 0 bridgehead atoms. The minimum absolute atomic E-state index is 0.229. The number of nitrogens with zero attached hydrogens (tertiary/aromatic N) is 5. The molecule has 4 rings (SSSR count). The Balaban J connectivity index is 1.53. The lowest BCUT2D eigenvalue weighted by Gasteiger charge is -2.32. The molecular formula is C20H24N6O3. The average Bonchev–Trinajstić information content (AvgIpc) is 3.23. The van der Waals surface area contributed by atoms with Crippen molar-refractivity contribution in [3.8, 4) is 17.0 Å². The summed E-state index contributed by atoms with van der Waals surface area (Å²) < 4.78 is 12.0. The van der Waals surface area contributed by atoms with Gasteiger partial charge in [-0.05, 0) is 50.1 Å². The summed E-state index contributed by atoms with van der Waals surface area (Å²) in [7, 11) is 1.64. The van der Waals surface area contributed by atoms with Gasteiger partial charge in [-0.1, -0.05) is 0 Å². The molecule has 0 aliphatic carbocycles. The highest BCUT2D eigenvalue weighted by Crippen LogP contribution is 2.26. The van der Waals surface area contributed by atoms with Crippen LogP contribution in [0.3, 0.4) is 0 Å². The second-order valence-electron chi connectivity index (χ2n) is 6.88. The minimum Gasteiger partial charge on any atom is -0.497 e. The van der Waals surface area contributed by atoms with E-state index in [4.69, 9.17) is 9.47 Å². The highest BCUT2D eigenvalue weighted by atomic mass is 16.6. The summed E-state index contributed by atoms with van der Waals surface area (Å²) in [5.74, 6) is 0.797. The van der Waals surface area contributed by atoms with Gasteiger partial charge in [0.25, 0.3) is 0 Å². The summed E-state index contributed by atoms with van der Waals surface area (Å²) in [6.45, 7) is 3.54. The number of hydrogen-bond acceptors (Lipinski definition) is 7. The zero-order valence-corrected chi connectivity index (χ0v) is 16.5. The number of benzene rings is 1. The molecule has 152 valence electrons. The minimum atomic E-state index is -0.239. The fraction of sp³-hybridized carbons (Fsp3) is 0.400. The van der Waals surface area contributed by atoms with Gasteiger partial charge in [-0.2, -0.15) is 9.61 Å². The number of hydrogen-bond donors (Lipinski definition) is 1. The van der Waals surface area contributed by atoms with Crippen LogP contribution in [0.4, 0.5) is 10.5 Å². The van der Waals surface area contributed by atoms with Crippen molar-refractivity contribution in [2.24, 2.45) is 0 Å². The number of methoxy groups -OCH3 is 1.